The van der Waals surface area contributed by atoms with Crippen molar-refractivity contribution in [1.82, 2.24) is 26.4 Å². The molecule has 1 aromatic heterocycles. The molecule has 1 saturated heterocycles. The third kappa shape index (κ3) is 8.99. The zero-order chi connectivity index (χ0) is 29.2. The van der Waals surface area contributed by atoms with E-state index in [1.54, 1.807) is 6.92 Å². The lowest BCUT2D eigenvalue weighted by molar-refractivity contribution is -0.132. The van der Waals surface area contributed by atoms with Crippen LogP contribution in [0.3, 0.4) is 0 Å². The number of halogens is 1. The predicted octanol–water partition coefficient (Wildman–Crippen LogP) is 1.59. The lowest BCUT2D eigenvalue weighted by atomic mass is 9.91. The van der Waals surface area contributed by atoms with Gasteiger partial charge in [0.25, 0.3) is 5.91 Å². The van der Waals surface area contributed by atoms with Gasteiger partial charge in [0.2, 0.25) is 17.7 Å². The fourth-order valence-electron chi connectivity index (χ4n) is 4.55. The number of hydrogen-bond donors (Lipinski definition) is 4. The Bertz CT molecular complexity index is 1200. The van der Waals surface area contributed by atoms with Crippen molar-refractivity contribution in [3.8, 4) is 0 Å². The van der Waals surface area contributed by atoms with Crippen LogP contribution in [0.15, 0.2) is 34.9 Å². The quantitative estimate of drug-likeness (QED) is 0.272. The van der Waals surface area contributed by atoms with Crippen molar-refractivity contribution in [2.75, 3.05) is 6.54 Å². The van der Waals surface area contributed by atoms with Crippen LogP contribution in [0.2, 0.25) is 0 Å². The molecule has 0 aliphatic carbocycles. The molecule has 1 aliphatic heterocycles. The highest BCUT2D eigenvalue weighted by Gasteiger charge is 2.31. The van der Waals surface area contributed by atoms with E-state index in [1.165, 1.54) is 30.3 Å². The van der Waals surface area contributed by atoms with Crippen LogP contribution < -0.4 is 21.3 Å². The molecule has 2 aromatic rings. The first-order valence-electron chi connectivity index (χ1n) is 13.4. The van der Waals surface area contributed by atoms with Gasteiger partial charge in [-0.1, -0.05) is 31.1 Å². The van der Waals surface area contributed by atoms with Crippen molar-refractivity contribution in [2.45, 2.75) is 71.0 Å². The molecule has 1 aromatic carbocycles. The van der Waals surface area contributed by atoms with Gasteiger partial charge in [-0.25, -0.2) is 4.39 Å². The van der Waals surface area contributed by atoms with Gasteiger partial charge in [0.15, 0.2) is 5.69 Å². The van der Waals surface area contributed by atoms with Crippen LogP contribution in [0.5, 0.6) is 0 Å². The summed E-state index contributed by atoms with van der Waals surface area (Å²) in [6.45, 7) is 5.96. The van der Waals surface area contributed by atoms with Crippen molar-refractivity contribution in [3.05, 3.63) is 53.2 Å². The van der Waals surface area contributed by atoms with Crippen LogP contribution in [0.25, 0.3) is 0 Å². The Kier molecular flexibility index (Phi) is 10.9. The van der Waals surface area contributed by atoms with Gasteiger partial charge in [0.1, 0.15) is 29.9 Å². The molecule has 0 unspecified atom stereocenters. The highest BCUT2D eigenvalue weighted by atomic mass is 19.1. The zero-order valence-corrected chi connectivity index (χ0v) is 22.9. The van der Waals surface area contributed by atoms with Crippen molar-refractivity contribution in [2.24, 2.45) is 11.8 Å². The number of aryl methyl sites for hydroxylation is 1. The Morgan fingerprint density at radius 3 is 2.42 bits per heavy atom. The summed E-state index contributed by atoms with van der Waals surface area (Å²) in [6.07, 6.45) is 2.42. The number of aldehydes is 1. The molecule has 0 bridgehead atoms. The number of amides is 4. The number of nitrogens with zero attached hydrogens (tertiary/aromatic N) is 1. The second-order valence-corrected chi connectivity index (χ2v) is 10.5. The maximum atomic E-state index is 13.5. The molecule has 4 atom stereocenters. The summed E-state index contributed by atoms with van der Waals surface area (Å²) in [6, 6.07) is 3.85. The van der Waals surface area contributed by atoms with Crippen LogP contribution in [0.4, 0.5) is 4.39 Å². The predicted molar refractivity (Wildman–Crippen MR) is 142 cm³/mol. The second-order valence-electron chi connectivity index (χ2n) is 10.5. The van der Waals surface area contributed by atoms with Crippen molar-refractivity contribution in [1.29, 1.82) is 0 Å². The molecule has 40 heavy (non-hydrogen) atoms. The number of carbonyl (C=O) groups is 5. The third-order valence-electron chi connectivity index (χ3n) is 6.61. The largest absolute Gasteiger partial charge is 0.361 e. The lowest BCUT2D eigenvalue weighted by Crippen LogP contribution is -2.56. The maximum Gasteiger partial charge on any atom is 0.274 e. The standard InChI is InChI=1S/C28H36FN5O6/c1-16(2)11-22(26(37)31-21(15-35)14-19-5-4-10-30-25(19)36)32-27(38)23(13-18-6-8-20(29)9-7-18)33-28(39)24-12-17(3)40-34-24/h6-9,12,15-16,19,21-23H,4-5,10-11,13-14H2,1-3H3,(H,30,36)(H,31,37)(H,32,38)(H,33,39)/t19-,21-,22-,23-/m0/s1. The SMILES string of the molecule is Cc1cc(C(=O)N[C@@H](Cc2ccc(F)cc2)C(=O)N[C@@H](CC(C)C)C(=O)N[C@H](C=O)C[C@@H]2CCCNC2=O)no1. The van der Waals surface area contributed by atoms with Gasteiger partial charge in [-0.05, 0) is 56.2 Å². The van der Waals surface area contributed by atoms with Crippen LogP contribution in [-0.4, -0.2) is 59.7 Å². The minimum atomic E-state index is -1.13. The molecule has 1 fully saturated rings. The minimum absolute atomic E-state index is 0.00176. The zero-order valence-electron chi connectivity index (χ0n) is 22.9. The van der Waals surface area contributed by atoms with E-state index in [1.807, 2.05) is 13.8 Å². The molecule has 12 heteroatoms. The topological polar surface area (TPSA) is 160 Å². The Hall–Kier alpha value is -4.09. The van der Waals surface area contributed by atoms with Crippen LogP contribution >= 0.6 is 0 Å². The molecular formula is C28H36FN5O6. The Morgan fingerprint density at radius 2 is 1.82 bits per heavy atom. The monoisotopic (exact) mass is 557 g/mol. The Morgan fingerprint density at radius 1 is 1.12 bits per heavy atom. The summed E-state index contributed by atoms with van der Waals surface area (Å²) in [4.78, 5) is 63.4. The molecule has 11 nitrogen and oxygen atoms in total. The summed E-state index contributed by atoms with van der Waals surface area (Å²) < 4.78 is 18.4. The Balaban J connectivity index is 1.74. The normalized spacial score (nSPS) is 17.3. The first-order chi connectivity index (χ1) is 19.0. The van der Waals surface area contributed by atoms with Crippen molar-refractivity contribution in [3.63, 3.8) is 0 Å². The number of carbonyl (C=O) groups excluding carboxylic acids is 5. The summed E-state index contributed by atoms with van der Waals surface area (Å²) >= 11 is 0. The number of hydrogen-bond acceptors (Lipinski definition) is 7. The van der Waals surface area contributed by atoms with E-state index in [0.717, 1.165) is 6.42 Å². The minimum Gasteiger partial charge on any atom is -0.361 e. The van der Waals surface area contributed by atoms with E-state index in [4.69, 9.17) is 4.52 Å². The van der Waals surface area contributed by atoms with Gasteiger partial charge < -0.3 is 30.6 Å². The smallest absolute Gasteiger partial charge is 0.274 e. The molecule has 216 valence electrons. The molecule has 4 N–H and O–H groups in total. The first-order valence-corrected chi connectivity index (χ1v) is 13.4. The highest BCUT2D eigenvalue weighted by Crippen LogP contribution is 2.17. The van der Waals surface area contributed by atoms with Crippen molar-refractivity contribution < 1.29 is 32.9 Å². The fraction of sp³-hybridized carbons (Fsp3) is 0.500. The van der Waals surface area contributed by atoms with Crippen molar-refractivity contribution >= 4 is 29.9 Å². The van der Waals surface area contributed by atoms with E-state index in [-0.39, 0.29) is 36.8 Å². The van der Waals surface area contributed by atoms with Crippen LogP contribution in [0, 0.1) is 24.6 Å². The van der Waals surface area contributed by atoms with E-state index in [0.29, 0.717) is 30.6 Å². The van der Waals surface area contributed by atoms with Gasteiger partial charge in [0.05, 0.1) is 6.04 Å². The van der Waals surface area contributed by atoms with Crippen LogP contribution in [-0.2, 0) is 25.6 Å². The second kappa shape index (κ2) is 14.3. The number of rotatable bonds is 13. The van der Waals surface area contributed by atoms with E-state index < -0.39 is 47.6 Å². The molecule has 0 saturated carbocycles. The number of benzene rings is 1. The van der Waals surface area contributed by atoms with Gasteiger partial charge >= 0.3 is 0 Å². The van der Waals surface area contributed by atoms with Gasteiger partial charge in [-0.2, -0.15) is 0 Å². The summed E-state index contributed by atoms with van der Waals surface area (Å²) in [5.41, 5.74) is 0.557. The molecule has 1 aliphatic rings. The number of nitrogens with one attached hydrogen (secondary N) is 4. The lowest BCUT2D eigenvalue weighted by Gasteiger charge is -2.27. The summed E-state index contributed by atoms with van der Waals surface area (Å²) in [7, 11) is 0. The fourth-order valence-corrected chi connectivity index (χ4v) is 4.55. The molecule has 0 spiro atoms. The molecule has 3 rings (SSSR count). The van der Waals surface area contributed by atoms with Crippen LogP contribution in [0.1, 0.15) is 61.3 Å². The average Bonchev–Trinajstić information content (AvgIpc) is 3.36. The van der Waals surface area contributed by atoms with E-state index >= 15 is 0 Å². The average molecular weight is 558 g/mol. The molecule has 4 amide bonds. The van der Waals surface area contributed by atoms with Gasteiger partial charge in [-0.3, -0.25) is 19.2 Å². The summed E-state index contributed by atoms with van der Waals surface area (Å²) in [5, 5.41) is 14.4. The number of aromatic nitrogens is 1. The number of piperidine rings is 1. The van der Waals surface area contributed by atoms with Gasteiger partial charge in [0, 0.05) is 24.9 Å². The third-order valence-corrected chi connectivity index (χ3v) is 6.61. The Labute approximate surface area is 232 Å². The van der Waals surface area contributed by atoms with Gasteiger partial charge in [-0.15, -0.1) is 0 Å². The molecular weight excluding hydrogens is 521 g/mol. The maximum absolute atomic E-state index is 13.5. The first kappa shape index (κ1) is 30.5. The highest BCUT2D eigenvalue weighted by molar-refractivity contribution is 5.97. The van der Waals surface area contributed by atoms with E-state index in [9.17, 15) is 28.4 Å². The summed E-state index contributed by atoms with van der Waals surface area (Å²) in [5.74, 6) is -2.46. The van der Waals surface area contributed by atoms with E-state index in [2.05, 4.69) is 26.4 Å². The molecule has 2 heterocycles. The molecule has 0 radical (unpaired) electrons.